The topological polar surface area (TPSA) is 95.9 Å². The van der Waals surface area contributed by atoms with Crippen molar-refractivity contribution in [2.24, 2.45) is 0 Å². The Morgan fingerprint density at radius 3 is 0.899 bits per heavy atom. The van der Waals surface area contributed by atoms with Gasteiger partial charge in [0.15, 0.2) is 0 Å². The molecule has 79 heavy (non-hydrogen) atoms. The van der Waals surface area contributed by atoms with E-state index >= 15 is 0 Å². The third kappa shape index (κ3) is 65.6. The molecule has 2 atom stereocenters. The number of carbonyl (C=O) groups is 2. The maximum Gasteiger partial charge on any atom is 0.305 e. The summed E-state index contributed by atoms with van der Waals surface area (Å²) in [5.41, 5.74) is 0. The lowest BCUT2D eigenvalue weighted by Crippen LogP contribution is -2.45. The Bertz CT molecular complexity index is 1190. The highest BCUT2D eigenvalue weighted by atomic mass is 16.5. The molecule has 6 nitrogen and oxygen atoms in total. The number of nitrogens with one attached hydrogen (secondary N) is 1. The lowest BCUT2D eigenvalue weighted by atomic mass is 10.0. The van der Waals surface area contributed by atoms with E-state index in [4.69, 9.17) is 4.74 Å². The monoisotopic (exact) mass is 1110 g/mol. The number of hydrogen-bond acceptors (Lipinski definition) is 5. The highest BCUT2D eigenvalue weighted by Crippen LogP contribution is 2.19. The Balaban J connectivity index is 3.32. The van der Waals surface area contributed by atoms with Crippen LogP contribution in [0.15, 0.2) is 12.2 Å². The number of hydrogen-bond donors (Lipinski definition) is 3. The van der Waals surface area contributed by atoms with Crippen molar-refractivity contribution < 1.29 is 24.5 Å². The lowest BCUT2D eigenvalue weighted by molar-refractivity contribution is -0.143. The molecule has 0 aliphatic heterocycles. The predicted octanol–water partition coefficient (Wildman–Crippen LogP) is 23.5. The van der Waals surface area contributed by atoms with Crippen LogP contribution in [0.1, 0.15) is 418 Å². The number of ether oxygens (including phenoxy) is 1. The van der Waals surface area contributed by atoms with Gasteiger partial charge in [0.25, 0.3) is 0 Å². The van der Waals surface area contributed by atoms with Gasteiger partial charge in [-0.25, -0.2) is 0 Å². The molecule has 0 rings (SSSR count). The van der Waals surface area contributed by atoms with Crippen molar-refractivity contribution in [3.63, 3.8) is 0 Å². The summed E-state index contributed by atoms with van der Waals surface area (Å²) in [4.78, 5) is 24.6. The van der Waals surface area contributed by atoms with Gasteiger partial charge in [0, 0.05) is 12.8 Å². The van der Waals surface area contributed by atoms with Crippen LogP contribution in [0.5, 0.6) is 0 Å². The first-order chi connectivity index (χ1) is 39.0. The largest absolute Gasteiger partial charge is 0.466 e. The molecule has 0 fully saturated rings. The van der Waals surface area contributed by atoms with Crippen LogP contribution < -0.4 is 5.32 Å². The molecule has 0 radical (unpaired) electrons. The summed E-state index contributed by atoms with van der Waals surface area (Å²) in [6.07, 6.45) is 85.7. The van der Waals surface area contributed by atoms with Gasteiger partial charge in [-0.05, 0) is 51.4 Å². The Morgan fingerprint density at radius 2 is 0.595 bits per heavy atom. The lowest BCUT2D eigenvalue weighted by Gasteiger charge is -2.22. The van der Waals surface area contributed by atoms with E-state index in [1.54, 1.807) is 0 Å². The van der Waals surface area contributed by atoms with Crippen LogP contribution in [0.2, 0.25) is 0 Å². The maximum absolute atomic E-state index is 12.5. The number of unbranched alkanes of at least 4 members (excludes halogenated alkanes) is 56. The van der Waals surface area contributed by atoms with E-state index in [2.05, 4.69) is 31.3 Å². The molecule has 0 bridgehead atoms. The van der Waals surface area contributed by atoms with Crippen LogP contribution >= 0.6 is 0 Å². The van der Waals surface area contributed by atoms with Gasteiger partial charge in [0.05, 0.1) is 25.4 Å². The molecule has 470 valence electrons. The fourth-order valence-corrected chi connectivity index (χ4v) is 11.8. The molecule has 0 saturated heterocycles. The summed E-state index contributed by atoms with van der Waals surface area (Å²) in [5, 5.41) is 23.3. The number of aliphatic hydroxyl groups is 2. The molecular formula is C73H143NO5. The molecule has 0 aromatic heterocycles. The summed E-state index contributed by atoms with van der Waals surface area (Å²) in [5.74, 6) is -0.00618. The minimum atomic E-state index is -0.660. The standard InChI is InChI=1S/C73H143NO5/c1-3-5-7-9-11-13-15-17-18-39-43-47-51-55-59-63-67-73(78)79-68-64-60-56-52-48-44-40-37-35-33-31-29-27-25-23-21-19-20-22-24-26-28-30-32-34-36-38-42-46-50-54-58-62-66-72(77)74-70(69-75)71(76)65-61-57-53-49-45-41-16-14-12-10-8-6-4-2/h23,25,70-71,75-76H,3-22,24,26-69H2,1-2H3,(H,74,77)/b25-23-. The molecule has 0 aliphatic rings. The fraction of sp³-hybridized carbons (Fsp3) is 0.945. The average Bonchev–Trinajstić information content (AvgIpc) is 3.45. The molecule has 2 unspecified atom stereocenters. The molecule has 0 heterocycles. The second-order valence-corrected chi connectivity index (χ2v) is 25.3. The van der Waals surface area contributed by atoms with Crippen LogP contribution in [0.3, 0.4) is 0 Å². The van der Waals surface area contributed by atoms with Crippen molar-refractivity contribution in [1.82, 2.24) is 5.32 Å². The third-order valence-electron chi connectivity index (χ3n) is 17.3. The normalized spacial score (nSPS) is 12.5. The number of carbonyl (C=O) groups excluding carboxylic acids is 2. The van der Waals surface area contributed by atoms with E-state index in [1.165, 1.54) is 347 Å². The van der Waals surface area contributed by atoms with Gasteiger partial charge < -0.3 is 20.3 Å². The van der Waals surface area contributed by atoms with Crippen molar-refractivity contribution in [1.29, 1.82) is 0 Å². The fourth-order valence-electron chi connectivity index (χ4n) is 11.8. The molecular weight excluding hydrogens is 971 g/mol. The zero-order chi connectivity index (χ0) is 57.1. The van der Waals surface area contributed by atoms with E-state index in [0.717, 1.165) is 38.5 Å². The first kappa shape index (κ1) is 77.6. The van der Waals surface area contributed by atoms with Crippen LogP contribution in [0.4, 0.5) is 0 Å². The highest BCUT2D eigenvalue weighted by Gasteiger charge is 2.20. The van der Waals surface area contributed by atoms with Crippen molar-refractivity contribution in [3.05, 3.63) is 12.2 Å². The Labute approximate surface area is 495 Å². The number of amides is 1. The Kier molecular flexibility index (Phi) is 67.9. The molecule has 6 heteroatoms. The summed E-state index contributed by atoms with van der Waals surface area (Å²) in [7, 11) is 0. The molecule has 0 aliphatic carbocycles. The second-order valence-electron chi connectivity index (χ2n) is 25.3. The predicted molar refractivity (Wildman–Crippen MR) is 347 cm³/mol. The first-order valence-corrected chi connectivity index (χ1v) is 36.4. The van der Waals surface area contributed by atoms with Crippen molar-refractivity contribution >= 4 is 11.9 Å². The van der Waals surface area contributed by atoms with Gasteiger partial charge >= 0.3 is 5.97 Å². The zero-order valence-corrected chi connectivity index (χ0v) is 53.9. The third-order valence-corrected chi connectivity index (χ3v) is 17.3. The number of allylic oxidation sites excluding steroid dienone is 2. The first-order valence-electron chi connectivity index (χ1n) is 36.4. The Morgan fingerprint density at radius 1 is 0.342 bits per heavy atom. The summed E-state index contributed by atoms with van der Waals surface area (Å²) in [6.45, 7) is 4.99. The number of aliphatic hydroxyl groups excluding tert-OH is 2. The molecule has 3 N–H and O–H groups in total. The summed E-state index contributed by atoms with van der Waals surface area (Å²) in [6, 6.07) is -0.537. The maximum atomic E-state index is 12.5. The van der Waals surface area contributed by atoms with Crippen LogP contribution in [-0.4, -0.2) is 47.4 Å². The van der Waals surface area contributed by atoms with Gasteiger partial charge in [-0.2, -0.15) is 0 Å². The van der Waals surface area contributed by atoms with Crippen molar-refractivity contribution in [2.75, 3.05) is 13.2 Å². The molecule has 0 aromatic carbocycles. The Hall–Kier alpha value is -1.40. The van der Waals surface area contributed by atoms with Gasteiger partial charge in [0.1, 0.15) is 0 Å². The molecule has 1 amide bonds. The van der Waals surface area contributed by atoms with Crippen LogP contribution in [0.25, 0.3) is 0 Å². The smallest absolute Gasteiger partial charge is 0.305 e. The van der Waals surface area contributed by atoms with E-state index in [0.29, 0.717) is 25.9 Å². The van der Waals surface area contributed by atoms with Gasteiger partial charge in [-0.15, -0.1) is 0 Å². The molecule has 0 spiro atoms. The van der Waals surface area contributed by atoms with Crippen LogP contribution in [0, 0.1) is 0 Å². The highest BCUT2D eigenvalue weighted by molar-refractivity contribution is 5.76. The second kappa shape index (κ2) is 69.1. The van der Waals surface area contributed by atoms with Crippen LogP contribution in [-0.2, 0) is 14.3 Å². The minimum absolute atomic E-state index is 0.0231. The van der Waals surface area contributed by atoms with E-state index in [-0.39, 0.29) is 18.5 Å². The average molecular weight is 1110 g/mol. The van der Waals surface area contributed by atoms with Gasteiger partial charge in [-0.1, -0.05) is 366 Å². The zero-order valence-electron chi connectivity index (χ0n) is 53.9. The van der Waals surface area contributed by atoms with Crippen molar-refractivity contribution in [3.8, 4) is 0 Å². The van der Waals surface area contributed by atoms with E-state index in [9.17, 15) is 19.8 Å². The van der Waals surface area contributed by atoms with Gasteiger partial charge in [-0.3, -0.25) is 9.59 Å². The molecule has 0 aromatic rings. The van der Waals surface area contributed by atoms with E-state index in [1.807, 2.05) is 0 Å². The summed E-state index contributed by atoms with van der Waals surface area (Å²) < 4.78 is 5.51. The SMILES string of the molecule is CCCCCCCCCCCCCCCCCCC(=O)OCCCCCCCCCCCCCC/C=C\CCCCCCCCCCCCCCCCCCCC(=O)NC(CO)C(O)CCCCCCCCCCCCCCC. The quantitative estimate of drug-likeness (QED) is 0.0320. The molecule has 0 saturated carbocycles. The minimum Gasteiger partial charge on any atom is -0.466 e. The van der Waals surface area contributed by atoms with Gasteiger partial charge in [0.2, 0.25) is 5.91 Å². The number of rotatable bonds is 69. The number of esters is 1. The summed E-state index contributed by atoms with van der Waals surface area (Å²) >= 11 is 0. The van der Waals surface area contributed by atoms with E-state index < -0.39 is 12.1 Å². The van der Waals surface area contributed by atoms with Crippen molar-refractivity contribution in [2.45, 2.75) is 431 Å².